The first-order valence-corrected chi connectivity index (χ1v) is 17.4. The van der Waals surface area contributed by atoms with Crippen LogP contribution in [0, 0.1) is 5.82 Å². The Morgan fingerprint density at radius 2 is 1.71 bits per heavy atom. The van der Waals surface area contributed by atoms with Crippen LogP contribution in [0.3, 0.4) is 0 Å². The molecule has 0 aliphatic carbocycles. The second-order valence-corrected chi connectivity index (χ2v) is 14.6. The highest BCUT2D eigenvalue weighted by atomic mass is 35.5. The Balaban J connectivity index is 1.41. The molecular weight excluding hydrogens is 689 g/mol. The van der Waals surface area contributed by atoms with Gasteiger partial charge in [-0.2, -0.15) is 13.2 Å². The SMILES string of the molecule is CN(C[C@](CCCN1CCC2(CC1)SCc1ccccc12)(c1ccc(Cl)c(Cl)c1)N(C)C(=O)Oc1cccc(F)c1)C(=O)CC(F)(F)F. The van der Waals surface area contributed by atoms with Crippen LogP contribution in [0.15, 0.2) is 66.7 Å². The number of hydrogen-bond donors (Lipinski definition) is 0. The largest absolute Gasteiger partial charge is 0.415 e. The minimum Gasteiger partial charge on any atom is -0.410 e. The zero-order chi connectivity index (χ0) is 34.7. The molecule has 0 aromatic heterocycles. The maximum absolute atomic E-state index is 13.9. The molecule has 1 atom stereocenters. The fourth-order valence-electron chi connectivity index (χ4n) is 6.76. The van der Waals surface area contributed by atoms with Crippen molar-refractivity contribution >= 4 is 47.0 Å². The van der Waals surface area contributed by atoms with Gasteiger partial charge in [0.2, 0.25) is 5.91 Å². The van der Waals surface area contributed by atoms with E-state index in [1.165, 1.54) is 48.3 Å². The van der Waals surface area contributed by atoms with Crippen molar-refractivity contribution in [1.29, 1.82) is 0 Å². The normalized spacial score (nSPS) is 17.1. The number of alkyl halides is 3. The Kier molecular flexibility index (Phi) is 11.2. The molecule has 3 aromatic rings. The fourth-order valence-corrected chi connectivity index (χ4v) is 8.57. The van der Waals surface area contributed by atoms with E-state index >= 15 is 0 Å². The number of amides is 2. The summed E-state index contributed by atoms with van der Waals surface area (Å²) in [7, 11) is 2.72. The van der Waals surface area contributed by atoms with Gasteiger partial charge in [0.15, 0.2) is 0 Å². The number of rotatable bonds is 10. The Morgan fingerprint density at radius 3 is 2.40 bits per heavy atom. The molecule has 6 nitrogen and oxygen atoms in total. The number of hydrogen-bond acceptors (Lipinski definition) is 5. The van der Waals surface area contributed by atoms with Gasteiger partial charge in [0.05, 0.1) is 15.6 Å². The van der Waals surface area contributed by atoms with Gasteiger partial charge in [-0.05, 0) is 86.3 Å². The van der Waals surface area contributed by atoms with Crippen molar-refractivity contribution in [2.24, 2.45) is 0 Å². The number of likely N-dealkylation sites (N-methyl/N-ethyl adjacent to an activating group) is 2. The molecule has 2 heterocycles. The zero-order valence-electron chi connectivity index (χ0n) is 26.7. The highest BCUT2D eigenvalue weighted by Crippen LogP contribution is 2.53. The summed E-state index contributed by atoms with van der Waals surface area (Å²) in [6.45, 7) is 2.08. The molecule has 0 N–H and O–H groups in total. The lowest BCUT2D eigenvalue weighted by Crippen LogP contribution is -2.55. The molecular formula is C35H37Cl2F4N3O3S. The molecule has 2 aliphatic heterocycles. The average molecular weight is 727 g/mol. The molecule has 0 saturated carbocycles. The van der Waals surface area contributed by atoms with Crippen molar-refractivity contribution in [3.05, 3.63) is 99.3 Å². The van der Waals surface area contributed by atoms with E-state index in [-0.39, 0.29) is 33.5 Å². The quantitative estimate of drug-likeness (QED) is 0.196. The first kappa shape index (κ1) is 36.3. The van der Waals surface area contributed by atoms with Crippen LogP contribution < -0.4 is 4.74 Å². The van der Waals surface area contributed by atoms with Crippen LogP contribution >= 0.6 is 35.0 Å². The number of halogens is 6. The van der Waals surface area contributed by atoms with Crippen LogP contribution in [-0.4, -0.2) is 73.2 Å². The number of carbonyl (C=O) groups excluding carboxylic acids is 2. The molecule has 1 saturated heterocycles. The standard InChI is InChI=1S/C35H37Cl2F4N3O3S/c1-42(31(45)21-35(39,40)41)23-33(25-11-12-29(36)30(37)19-25,43(2)32(46)47-27-9-5-8-26(38)20-27)13-6-16-44-17-14-34(15-18-44)28-10-4-3-7-24(28)22-48-34/h3-5,7-12,19-20H,6,13-18,21-23H2,1-2H3/t33-/m1/s1. The first-order chi connectivity index (χ1) is 22.7. The summed E-state index contributed by atoms with van der Waals surface area (Å²) >= 11 is 14.7. The Bertz CT molecular complexity index is 1640. The summed E-state index contributed by atoms with van der Waals surface area (Å²) in [5, 5.41) is 0.416. The van der Waals surface area contributed by atoms with Gasteiger partial charge in [-0.1, -0.05) is 59.6 Å². The summed E-state index contributed by atoms with van der Waals surface area (Å²) in [4.78, 5) is 31.1. The topological polar surface area (TPSA) is 53.1 Å². The number of thioether (sulfide) groups is 1. The lowest BCUT2D eigenvalue weighted by Gasteiger charge is -2.45. The van der Waals surface area contributed by atoms with Crippen LogP contribution in [-0.2, 0) is 20.8 Å². The van der Waals surface area contributed by atoms with Crippen LogP contribution in [0.1, 0.15) is 48.8 Å². The van der Waals surface area contributed by atoms with Gasteiger partial charge in [-0.15, -0.1) is 11.8 Å². The molecule has 0 bridgehead atoms. The summed E-state index contributed by atoms with van der Waals surface area (Å²) in [6, 6.07) is 18.4. The van der Waals surface area contributed by atoms with Crippen LogP contribution in [0.2, 0.25) is 10.0 Å². The van der Waals surface area contributed by atoms with Gasteiger partial charge in [0, 0.05) is 37.2 Å². The van der Waals surface area contributed by atoms with E-state index in [4.69, 9.17) is 27.9 Å². The molecule has 1 spiro atoms. The van der Waals surface area contributed by atoms with Crippen molar-refractivity contribution in [1.82, 2.24) is 14.7 Å². The number of piperidine rings is 1. The Morgan fingerprint density at radius 1 is 0.979 bits per heavy atom. The second kappa shape index (κ2) is 14.9. The highest BCUT2D eigenvalue weighted by molar-refractivity contribution is 7.99. The Hall–Kier alpha value is -2.99. The molecule has 0 unspecified atom stereocenters. The molecule has 0 radical (unpaired) electrons. The average Bonchev–Trinajstić information content (AvgIpc) is 3.39. The smallest absolute Gasteiger partial charge is 0.410 e. The predicted molar refractivity (Wildman–Crippen MR) is 181 cm³/mol. The lowest BCUT2D eigenvalue weighted by molar-refractivity contribution is -0.161. The van der Waals surface area contributed by atoms with E-state index in [0.717, 1.165) is 42.7 Å². The van der Waals surface area contributed by atoms with Crippen molar-refractivity contribution in [3.8, 4) is 5.75 Å². The van der Waals surface area contributed by atoms with Gasteiger partial charge in [0.25, 0.3) is 0 Å². The summed E-state index contributed by atoms with van der Waals surface area (Å²) in [5.74, 6) is -0.820. The molecule has 48 heavy (non-hydrogen) atoms. The van der Waals surface area contributed by atoms with Crippen molar-refractivity contribution in [2.45, 2.75) is 54.3 Å². The number of carbonyl (C=O) groups is 2. The molecule has 2 aliphatic rings. The summed E-state index contributed by atoms with van der Waals surface area (Å²) in [5.41, 5.74) is 1.86. The minimum atomic E-state index is -4.72. The summed E-state index contributed by atoms with van der Waals surface area (Å²) in [6.07, 6.45) is -4.53. The predicted octanol–water partition coefficient (Wildman–Crippen LogP) is 8.89. The maximum atomic E-state index is 13.9. The molecule has 3 aromatic carbocycles. The number of nitrogens with zero attached hydrogens (tertiary/aromatic N) is 3. The van der Waals surface area contributed by atoms with E-state index in [2.05, 4.69) is 29.2 Å². The van der Waals surface area contributed by atoms with E-state index in [1.54, 1.807) is 18.2 Å². The van der Waals surface area contributed by atoms with Crippen LogP contribution in [0.25, 0.3) is 0 Å². The van der Waals surface area contributed by atoms with Crippen LogP contribution in [0.4, 0.5) is 22.4 Å². The van der Waals surface area contributed by atoms with Gasteiger partial charge in [0.1, 0.15) is 18.0 Å². The number of fused-ring (bicyclic) bond motifs is 2. The third-order valence-corrected chi connectivity index (χ3v) is 11.8. The maximum Gasteiger partial charge on any atom is 0.415 e. The van der Waals surface area contributed by atoms with Crippen molar-refractivity contribution < 1.29 is 31.9 Å². The van der Waals surface area contributed by atoms with E-state index in [1.807, 2.05) is 11.8 Å². The molecule has 2 amide bonds. The zero-order valence-corrected chi connectivity index (χ0v) is 29.0. The fraction of sp³-hybridized carbons (Fsp3) is 0.429. The highest BCUT2D eigenvalue weighted by Gasteiger charge is 2.45. The number of ether oxygens (including phenoxy) is 1. The lowest BCUT2D eigenvalue weighted by atomic mass is 9.82. The molecule has 5 rings (SSSR count). The minimum absolute atomic E-state index is 0.0509. The third kappa shape index (κ3) is 8.23. The van der Waals surface area contributed by atoms with Gasteiger partial charge >= 0.3 is 12.3 Å². The summed E-state index contributed by atoms with van der Waals surface area (Å²) < 4.78 is 59.4. The number of benzene rings is 3. The molecule has 258 valence electrons. The monoisotopic (exact) mass is 725 g/mol. The van der Waals surface area contributed by atoms with Gasteiger partial charge in [-0.25, -0.2) is 9.18 Å². The van der Waals surface area contributed by atoms with E-state index < -0.39 is 36.0 Å². The molecule has 1 fully saturated rings. The van der Waals surface area contributed by atoms with Crippen molar-refractivity contribution in [2.75, 3.05) is 40.3 Å². The van der Waals surface area contributed by atoms with Gasteiger partial charge in [-0.3, -0.25) is 9.69 Å². The third-order valence-electron chi connectivity index (χ3n) is 9.39. The van der Waals surface area contributed by atoms with Gasteiger partial charge < -0.3 is 14.5 Å². The van der Waals surface area contributed by atoms with Crippen molar-refractivity contribution in [3.63, 3.8) is 0 Å². The second-order valence-electron chi connectivity index (χ2n) is 12.5. The molecule has 13 heteroatoms. The van der Waals surface area contributed by atoms with E-state index in [0.29, 0.717) is 18.5 Å². The van der Waals surface area contributed by atoms with Crippen LogP contribution in [0.5, 0.6) is 5.75 Å². The van der Waals surface area contributed by atoms with E-state index in [9.17, 15) is 27.2 Å². The Labute approximate surface area is 292 Å². The number of likely N-dealkylation sites (tertiary alicyclic amines) is 1. The first-order valence-electron chi connectivity index (χ1n) is 15.6.